The van der Waals surface area contributed by atoms with E-state index in [1.54, 1.807) is 13.2 Å². The van der Waals surface area contributed by atoms with Gasteiger partial charge >= 0.3 is 0 Å². The molecule has 0 atom stereocenters. The monoisotopic (exact) mass is 343 g/mol. The number of carbonyl (C=O) groups is 2. The number of aryl methyl sites for hydroxylation is 1. The first-order valence-electron chi connectivity index (χ1n) is 8.71. The first kappa shape index (κ1) is 17.3. The Hall–Kier alpha value is -2.50. The average molecular weight is 343 g/mol. The molecule has 0 bridgehead atoms. The Morgan fingerprint density at radius 1 is 1.28 bits per heavy atom. The molecule has 0 radical (unpaired) electrons. The van der Waals surface area contributed by atoms with Gasteiger partial charge in [0.1, 0.15) is 5.76 Å². The largest absolute Gasteiger partial charge is 0.467 e. The molecule has 0 aromatic carbocycles. The third-order valence-electron chi connectivity index (χ3n) is 4.99. The molecule has 0 unspecified atom stereocenters. The lowest BCUT2D eigenvalue weighted by atomic mass is 10.0. The molecule has 1 fully saturated rings. The highest BCUT2D eigenvalue weighted by Crippen LogP contribution is 2.18. The van der Waals surface area contributed by atoms with Gasteiger partial charge in [0.15, 0.2) is 0 Å². The van der Waals surface area contributed by atoms with Gasteiger partial charge in [0.25, 0.3) is 5.91 Å². The Balaban J connectivity index is 1.66. The van der Waals surface area contributed by atoms with Crippen molar-refractivity contribution < 1.29 is 14.0 Å². The minimum atomic E-state index is -0.0416. The summed E-state index contributed by atoms with van der Waals surface area (Å²) in [4.78, 5) is 25.9. The predicted molar refractivity (Wildman–Crippen MR) is 94.5 cm³/mol. The second kappa shape index (κ2) is 7.17. The van der Waals surface area contributed by atoms with Gasteiger partial charge in [0, 0.05) is 37.4 Å². The van der Waals surface area contributed by atoms with Gasteiger partial charge in [-0.25, -0.2) is 0 Å². The van der Waals surface area contributed by atoms with Crippen molar-refractivity contribution in [2.75, 3.05) is 13.1 Å². The highest BCUT2D eigenvalue weighted by atomic mass is 16.3. The molecule has 1 aliphatic rings. The lowest BCUT2D eigenvalue weighted by Gasteiger charge is -2.31. The van der Waals surface area contributed by atoms with Crippen LogP contribution in [0.2, 0.25) is 0 Å². The molecule has 2 amide bonds. The molecular formula is C19H25N3O3. The van der Waals surface area contributed by atoms with Crippen LogP contribution in [0.1, 0.15) is 47.3 Å². The van der Waals surface area contributed by atoms with Crippen LogP contribution in [0.25, 0.3) is 0 Å². The molecule has 0 spiro atoms. The summed E-state index contributed by atoms with van der Waals surface area (Å²) < 4.78 is 7.50. The summed E-state index contributed by atoms with van der Waals surface area (Å²) in [6.45, 7) is 7.58. The van der Waals surface area contributed by atoms with Crippen molar-refractivity contribution in [2.45, 2.75) is 46.2 Å². The van der Waals surface area contributed by atoms with Crippen LogP contribution in [0.15, 0.2) is 28.9 Å². The zero-order valence-corrected chi connectivity index (χ0v) is 15.0. The molecule has 2 aromatic heterocycles. The van der Waals surface area contributed by atoms with Crippen molar-refractivity contribution in [3.8, 4) is 0 Å². The zero-order valence-electron chi connectivity index (χ0n) is 15.0. The van der Waals surface area contributed by atoms with Gasteiger partial charge in [-0.05, 0) is 44.9 Å². The van der Waals surface area contributed by atoms with Crippen molar-refractivity contribution in [1.82, 2.24) is 14.8 Å². The Labute approximate surface area is 147 Å². The molecular weight excluding hydrogens is 318 g/mol. The molecule has 25 heavy (non-hydrogen) atoms. The number of hydrogen-bond donors (Lipinski definition) is 1. The van der Waals surface area contributed by atoms with Gasteiger partial charge < -0.3 is 19.2 Å². The van der Waals surface area contributed by atoms with Crippen molar-refractivity contribution in [1.29, 1.82) is 0 Å². The van der Waals surface area contributed by atoms with Gasteiger partial charge in [0.05, 0.1) is 18.4 Å². The lowest BCUT2D eigenvalue weighted by Crippen LogP contribution is -2.46. The molecule has 0 aliphatic carbocycles. The predicted octanol–water partition coefficient (Wildman–Crippen LogP) is 2.49. The van der Waals surface area contributed by atoms with Gasteiger partial charge in [-0.1, -0.05) is 0 Å². The molecule has 134 valence electrons. The van der Waals surface area contributed by atoms with Crippen LogP contribution in [-0.4, -0.2) is 40.4 Å². The van der Waals surface area contributed by atoms with Crippen molar-refractivity contribution in [3.63, 3.8) is 0 Å². The van der Waals surface area contributed by atoms with Crippen molar-refractivity contribution >= 4 is 11.8 Å². The van der Waals surface area contributed by atoms with Gasteiger partial charge in [0.2, 0.25) is 5.91 Å². The first-order valence-corrected chi connectivity index (χ1v) is 8.71. The number of hydrogen-bond acceptors (Lipinski definition) is 3. The summed E-state index contributed by atoms with van der Waals surface area (Å²) in [7, 11) is 0. The highest BCUT2D eigenvalue weighted by molar-refractivity contribution is 5.96. The maximum absolute atomic E-state index is 12.7. The quantitative estimate of drug-likeness (QED) is 0.927. The number of carbonyl (C=O) groups excluding carboxylic acids is 2. The Morgan fingerprint density at radius 3 is 2.60 bits per heavy atom. The summed E-state index contributed by atoms with van der Waals surface area (Å²) in [5.74, 6) is 0.927. The zero-order chi connectivity index (χ0) is 18.0. The Bertz CT molecular complexity index is 753. The van der Waals surface area contributed by atoms with Crippen LogP contribution < -0.4 is 5.32 Å². The second-order valence-corrected chi connectivity index (χ2v) is 6.70. The fourth-order valence-electron chi connectivity index (χ4n) is 3.43. The number of nitrogens with one attached hydrogen (secondary N) is 1. The summed E-state index contributed by atoms with van der Waals surface area (Å²) in [5.41, 5.74) is 2.68. The summed E-state index contributed by atoms with van der Waals surface area (Å²) in [5, 5.41) is 3.12. The Kier molecular flexibility index (Phi) is 4.97. The molecule has 3 heterocycles. The smallest absolute Gasteiger partial charge is 0.253 e. The van der Waals surface area contributed by atoms with E-state index in [0.717, 1.165) is 30.0 Å². The molecule has 6 heteroatoms. The van der Waals surface area contributed by atoms with Crippen LogP contribution in [0.5, 0.6) is 0 Å². The van der Waals surface area contributed by atoms with E-state index in [4.69, 9.17) is 4.42 Å². The number of furan rings is 1. The summed E-state index contributed by atoms with van der Waals surface area (Å²) >= 11 is 0. The van der Waals surface area contributed by atoms with Crippen LogP contribution in [0.3, 0.4) is 0 Å². The lowest BCUT2D eigenvalue weighted by molar-refractivity contribution is -0.129. The highest BCUT2D eigenvalue weighted by Gasteiger charge is 2.24. The van der Waals surface area contributed by atoms with Crippen molar-refractivity contribution in [3.05, 3.63) is 47.2 Å². The van der Waals surface area contributed by atoms with Crippen molar-refractivity contribution in [2.24, 2.45) is 0 Å². The maximum Gasteiger partial charge on any atom is 0.253 e. The van der Waals surface area contributed by atoms with E-state index in [-0.39, 0.29) is 17.9 Å². The minimum absolute atomic E-state index is 0.0416. The second-order valence-electron chi connectivity index (χ2n) is 6.70. The van der Waals surface area contributed by atoms with Gasteiger partial charge in [-0.2, -0.15) is 0 Å². The molecule has 2 aromatic rings. The van der Waals surface area contributed by atoms with Crippen LogP contribution >= 0.6 is 0 Å². The van der Waals surface area contributed by atoms with Gasteiger partial charge in [-0.3, -0.25) is 9.59 Å². The molecule has 3 rings (SSSR count). The first-order chi connectivity index (χ1) is 12.0. The summed E-state index contributed by atoms with van der Waals surface area (Å²) in [6.07, 6.45) is 3.26. The number of nitrogens with zero attached hydrogens (tertiary/aromatic N) is 2. The third kappa shape index (κ3) is 3.78. The SMILES string of the molecule is CC(=O)N1CCC(NC(=O)c2cc(C)n(Cc3ccco3)c2C)CC1. The average Bonchev–Trinajstić information content (AvgIpc) is 3.19. The molecule has 1 N–H and O–H groups in total. The van der Waals surface area contributed by atoms with E-state index in [1.807, 2.05) is 36.9 Å². The fourth-order valence-corrected chi connectivity index (χ4v) is 3.43. The van der Waals surface area contributed by atoms with E-state index in [9.17, 15) is 9.59 Å². The minimum Gasteiger partial charge on any atom is -0.467 e. The normalized spacial score (nSPS) is 15.4. The topological polar surface area (TPSA) is 67.5 Å². The molecule has 0 saturated carbocycles. The molecule has 6 nitrogen and oxygen atoms in total. The standard InChI is InChI=1S/C19H25N3O3/c1-13-11-18(14(2)22(13)12-17-5-4-10-25-17)19(24)20-16-6-8-21(9-7-16)15(3)23/h4-5,10-11,16H,6-9,12H2,1-3H3,(H,20,24). The van der Waals surface area contributed by atoms with Gasteiger partial charge in [-0.15, -0.1) is 0 Å². The van der Waals surface area contributed by atoms with E-state index in [0.29, 0.717) is 25.2 Å². The number of rotatable bonds is 4. The van der Waals surface area contributed by atoms with E-state index in [1.165, 1.54) is 0 Å². The van der Waals surface area contributed by atoms with Crippen LogP contribution in [0.4, 0.5) is 0 Å². The Morgan fingerprint density at radius 2 is 2.00 bits per heavy atom. The number of piperidine rings is 1. The van der Waals surface area contributed by atoms with E-state index in [2.05, 4.69) is 9.88 Å². The van der Waals surface area contributed by atoms with E-state index >= 15 is 0 Å². The number of amides is 2. The van der Waals surface area contributed by atoms with Crippen LogP contribution in [-0.2, 0) is 11.3 Å². The van der Waals surface area contributed by atoms with E-state index < -0.39 is 0 Å². The number of likely N-dealkylation sites (tertiary alicyclic amines) is 1. The molecule has 1 aliphatic heterocycles. The van der Waals surface area contributed by atoms with Crippen LogP contribution in [0, 0.1) is 13.8 Å². The number of aromatic nitrogens is 1. The molecule has 1 saturated heterocycles. The maximum atomic E-state index is 12.7. The summed E-state index contributed by atoms with van der Waals surface area (Å²) in [6, 6.07) is 5.85. The fraction of sp³-hybridized carbons (Fsp3) is 0.474. The third-order valence-corrected chi connectivity index (χ3v) is 4.99.